The summed E-state index contributed by atoms with van der Waals surface area (Å²) in [6, 6.07) is 15.7. The standard InChI is InChI=1S/C26H29F2N3O3/c1-2-17(11-12-23(27)28)18-3-9-21(10-4-18)26-30-25(31-34-26)20-7-5-19(6-8-20)22-13-16(15-29-22)14-24(32)33/h3-10,16-17,22-23,29H,2,11-15H2,1H3,(H,32,33). The van der Waals surface area contributed by atoms with E-state index in [9.17, 15) is 13.6 Å². The Morgan fingerprint density at radius 1 is 1.12 bits per heavy atom. The predicted octanol–water partition coefficient (Wildman–Crippen LogP) is 6.07. The maximum atomic E-state index is 12.6. The Morgan fingerprint density at radius 2 is 1.82 bits per heavy atom. The van der Waals surface area contributed by atoms with Crippen molar-refractivity contribution in [3.05, 3.63) is 59.7 Å². The summed E-state index contributed by atoms with van der Waals surface area (Å²) in [5, 5.41) is 16.5. The van der Waals surface area contributed by atoms with Crippen molar-refractivity contribution >= 4 is 5.97 Å². The van der Waals surface area contributed by atoms with Crippen molar-refractivity contribution in [1.82, 2.24) is 15.5 Å². The van der Waals surface area contributed by atoms with E-state index in [0.717, 1.165) is 35.1 Å². The highest BCUT2D eigenvalue weighted by molar-refractivity contribution is 5.67. The first-order valence-corrected chi connectivity index (χ1v) is 11.7. The van der Waals surface area contributed by atoms with Crippen molar-refractivity contribution in [2.45, 2.75) is 57.4 Å². The predicted molar refractivity (Wildman–Crippen MR) is 125 cm³/mol. The number of rotatable bonds is 10. The second kappa shape index (κ2) is 10.9. The van der Waals surface area contributed by atoms with Gasteiger partial charge in [0.05, 0.1) is 0 Å². The summed E-state index contributed by atoms with van der Waals surface area (Å²) in [5.74, 6) is 0.374. The fourth-order valence-corrected chi connectivity index (χ4v) is 4.62. The molecule has 3 aromatic rings. The molecule has 0 aliphatic carbocycles. The van der Waals surface area contributed by atoms with Gasteiger partial charge in [-0.15, -0.1) is 0 Å². The van der Waals surface area contributed by atoms with Gasteiger partial charge in [-0.3, -0.25) is 4.79 Å². The molecule has 0 spiro atoms. The highest BCUT2D eigenvalue weighted by atomic mass is 19.3. The number of halogens is 2. The molecule has 3 unspecified atom stereocenters. The molecular formula is C26H29F2N3O3. The summed E-state index contributed by atoms with van der Waals surface area (Å²) < 4.78 is 30.6. The van der Waals surface area contributed by atoms with Gasteiger partial charge in [0, 0.05) is 30.0 Å². The molecule has 1 saturated heterocycles. The maximum Gasteiger partial charge on any atom is 0.303 e. The van der Waals surface area contributed by atoms with Crippen LogP contribution < -0.4 is 5.32 Å². The van der Waals surface area contributed by atoms with E-state index in [1.54, 1.807) is 0 Å². The van der Waals surface area contributed by atoms with Crippen molar-refractivity contribution in [2.24, 2.45) is 5.92 Å². The van der Waals surface area contributed by atoms with Crippen LogP contribution in [0, 0.1) is 5.92 Å². The van der Waals surface area contributed by atoms with Crippen LogP contribution in [0.2, 0.25) is 0 Å². The summed E-state index contributed by atoms with van der Waals surface area (Å²) in [5.41, 5.74) is 3.75. The SMILES string of the molecule is CCC(CCC(F)F)c1ccc(-c2nc(-c3ccc(C4CC(CC(=O)O)CN4)cc3)no2)cc1. The minimum atomic E-state index is -2.28. The van der Waals surface area contributed by atoms with E-state index in [1.807, 2.05) is 55.5 Å². The Labute approximate surface area is 197 Å². The van der Waals surface area contributed by atoms with E-state index >= 15 is 0 Å². The summed E-state index contributed by atoms with van der Waals surface area (Å²) in [7, 11) is 0. The molecule has 1 aliphatic heterocycles. The number of benzene rings is 2. The lowest BCUT2D eigenvalue weighted by atomic mass is 9.91. The minimum absolute atomic E-state index is 0.0915. The number of nitrogens with zero attached hydrogens (tertiary/aromatic N) is 2. The molecule has 1 aromatic heterocycles. The first kappa shape index (κ1) is 24.0. The molecule has 1 aliphatic rings. The van der Waals surface area contributed by atoms with Gasteiger partial charge in [-0.2, -0.15) is 4.98 Å². The topological polar surface area (TPSA) is 88.2 Å². The number of carbonyl (C=O) groups is 1. The molecule has 0 amide bonds. The van der Waals surface area contributed by atoms with Gasteiger partial charge >= 0.3 is 5.97 Å². The normalized spacial score (nSPS) is 18.9. The minimum Gasteiger partial charge on any atom is -0.481 e. The van der Waals surface area contributed by atoms with Gasteiger partial charge in [0.2, 0.25) is 12.2 Å². The number of alkyl halides is 2. The van der Waals surface area contributed by atoms with Crippen LogP contribution in [0.5, 0.6) is 0 Å². The first-order chi connectivity index (χ1) is 16.4. The second-order valence-electron chi connectivity index (χ2n) is 8.90. The van der Waals surface area contributed by atoms with Crippen LogP contribution >= 0.6 is 0 Å². The molecule has 0 saturated carbocycles. The largest absolute Gasteiger partial charge is 0.481 e. The molecule has 0 bridgehead atoms. The molecule has 3 atom stereocenters. The van der Waals surface area contributed by atoms with Gasteiger partial charge < -0.3 is 14.9 Å². The van der Waals surface area contributed by atoms with Crippen LogP contribution in [0.3, 0.4) is 0 Å². The van der Waals surface area contributed by atoms with Crippen molar-refractivity contribution in [3.8, 4) is 22.8 Å². The molecule has 34 heavy (non-hydrogen) atoms. The summed E-state index contributed by atoms with van der Waals surface area (Å²) in [6.07, 6.45) is -0.111. The molecule has 1 fully saturated rings. The number of aliphatic carboxylic acids is 1. The lowest BCUT2D eigenvalue weighted by molar-refractivity contribution is -0.137. The number of aromatic nitrogens is 2. The highest BCUT2D eigenvalue weighted by Gasteiger charge is 2.27. The summed E-state index contributed by atoms with van der Waals surface area (Å²) >= 11 is 0. The van der Waals surface area contributed by atoms with Crippen LogP contribution in [0.25, 0.3) is 22.8 Å². The Kier molecular flexibility index (Phi) is 7.67. The van der Waals surface area contributed by atoms with Crippen LogP contribution in [-0.4, -0.2) is 34.2 Å². The summed E-state index contributed by atoms with van der Waals surface area (Å²) in [4.78, 5) is 15.5. The molecular weight excluding hydrogens is 440 g/mol. The van der Waals surface area contributed by atoms with Crippen molar-refractivity contribution in [2.75, 3.05) is 6.54 Å². The molecule has 4 rings (SSSR count). The Morgan fingerprint density at radius 3 is 2.47 bits per heavy atom. The van der Waals surface area contributed by atoms with E-state index in [4.69, 9.17) is 9.63 Å². The Hall–Kier alpha value is -3.13. The van der Waals surface area contributed by atoms with Crippen LogP contribution in [0.15, 0.2) is 53.1 Å². The average molecular weight is 470 g/mol. The third-order valence-corrected chi connectivity index (χ3v) is 6.54. The molecule has 2 aromatic carbocycles. The third kappa shape index (κ3) is 5.86. The molecule has 0 radical (unpaired) electrons. The molecule has 8 heteroatoms. The number of carboxylic acid groups (broad SMARTS) is 1. The van der Waals surface area contributed by atoms with Gasteiger partial charge in [-0.1, -0.05) is 48.5 Å². The van der Waals surface area contributed by atoms with Gasteiger partial charge in [0.25, 0.3) is 5.89 Å². The quantitative estimate of drug-likeness (QED) is 0.375. The van der Waals surface area contributed by atoms with Crippen LogP contribution in [0.1, 0.15) is 62.1 Å². The van der Waals surface area contributed by atoms with Gasteiger partial charge in [-0.05, 0) is 60.9 Å². The second-order valence-corrected chi connectivity index (χ2v) is 8.90. The van der Waals surface area contributed by atoms with E-state index in [0.29, 0.717) is 24.7 Å². The molecule has 2 N–H and O–H groups in total. The fourth-order valence-electron chi connectivity index (χ4n) is 4.62. The summed E-state index contributed by atoms with van der Waals surface area (Å²) in [6.45, 7) is 2.72. The van der Waals surface area contributed by atoms with Crippen molar-refractivity contribution in [3.63, 3.8) is 0 Å². The monoisotopic (exact) mass is 469 g/mol. The van der Waals surface area contributed by atoms with Crippen LogP contribution in [-0.2, 0) is 4.79 Å². The molecule has 2 heterocycles. The fraction of sp³-hybridized carbons (Fsp3) is 0.423. The Bertz CT molecular complexity index is 1080. The zero-order valence-corrected chi connectivity index (χ0v) is 19.1. The van der Waals surface area contributed by atoms with E-state index < -0.39 is 12.4 Å². The van der Waals surface area contributed by atoms with E-state index in [-0.39, 0.29) is 30.7 Å². The van der Waals surface area contributed by atoms with E-state index in [1.165, 1.54) is 0 Å². The number of hydrogen-bond acceptors (Lipinski definition) is 5. The Balaban J connectivity index is 1.41. The zero-order chi connectivity index (χ0) is 24.1. The van der Waals surface area contributed by atoms with Gasteiger partial charge in [0.1, 0.15) is 0 Å². The smallest absolute Gasteiger partial charge is 0.303 e. The lowest BCUT2D eigenvalue weighted by Gasteiger charge is -2.15. The molecule has 6 nitrogen and oxygen atoms in total. The highest BCUT2D eigenvalue weighted by Crippen LogP contribution is 2.31. The zero-order valence-electron chi connectivity index (χ0n) is 19.1. The molecule has 180 valence electrons. The number of hydrogen-bond donors (Lipinski definition) is 2. The van der Waals surface area contributed by atoms with Crippen molar-refractivity contribution < 1.29 is 23.2 Å². The number of carboxylic acids is 1. The van der Waals surface area contributed by atoms with E-state index in [2.05, 4.69) is 15.5 Å². The van der Waals surface area contributed by atoms with Crippen LogP contribution in [0.4, 0.5) is 8.78 Å². The van der Waals surface area contributed by atoms with Crippen molar-refractivity contribution in [1.29, 1.82) is 0 Å². The lowest BCUT2D eigenvalue weighted by Crippen LogP contribution is -2.14. The maximum absolute atomic E-state index is 12.6. The van der Waals surface area contributed by atoms with Gasteiger partial charge in [0.15, 0.2) is 0 Å². The first-order valence-electron chi connectivity index (χ1n) is 11.7. The number of nitrogens with one attached hydrogen (secondary N) is 1. The average Bonchev–Trinajstić information content (AvgIpc) is 3.50. The van der Waals surface area contributed by atoms with Gasteiger partial charge in [-0.25, -0.2) is 8.78 Å². The third-order valence-electron chi connectivity index (χ3n) is 6.54.